The first-order chi connectivity index (χ1) is 28.1. The quantitative estimate of drug-likeness (QED) is 0.123. The molecule has 0 N–H and O–H groups in total. The van der Waals surface area contributed by atoms with E-state index in [0.29, 0.717) is 11.5 Å². The Morgan fingerprint density at radius 3 is 1.95 bits per heavy atom. The Balaban J connectivity index is 0.00000499. The third kappa shape index (κ3) is 7.72. The van der Waals surface area contributed by atoms with Crippen molar-refractivity contribution in [3.05, 3.63) is 175 Å². The summed E-state index contributed by atoms with van der Waals surface area (Å²) in [4.78, 5) is 4.85. The van der Waals surface area contributed by atoms with Gasteiger partial charge in [0.1, 0.15) is 5.82 Å². The number of hydrogen-bond acceptors (Lipinski definition) is 2. The van der Waals surface area contributed by atoms with E-state index in [1.165, 1.54) is 22.3 Å². The molecule has 3 aromatic heterocycles. The van der Waals surface area contributed by atoms with Crippen molar-refractivity contribution in [1.29, 1.82) is 0 Å². The first-order valence-electron chi connectivity index (χ1n) is 20.5. The topological polar surface area (TPSA) is 35.9 Å². The van der Waals surface area contributed by atoms with Crippen LogP contribution in [-0.4, -0.2) is 14.1 Å². The molecule has 6 aromatic carbocycles. The Labute approximate surface area is 368 Å². The smallest absolute Gasteiger partial charge is 0.268 e. The second kappa shape index (κ2) is 15.4. The van der Waals surface area contributed by atoms with Gasteiger partial charge in [-0.2, -0.15) is 18.2 Å². The summed E-state index contributed by atoms with van der Waals surface area (Å²) in [5, 5.41) is 2.23. The minimum atomic E-state index is -0.0367. The summed E-state index contributed by atoms with van der Waals surface area (Å²) in [7, 11) is 0. The molecule has 0 unspecified atom stereocenters. The SMILES string of the molecule is CC(C)(C)c1cc(-[n+]2[c-]n(-c3[c-]c(Oc4[c-]c5c(cc4)c4ccccc4n5-c4cc(C(C)(C)C)ccn4)ccc3)c3ccc(-c4ccccc4)cc32)cc(C(C)(C)C)c1.[Pt]. The van der Waals surface area contributed by atoms with Gasteiger partial charge in [-0.3, -0.25) is 4.57 Å². The fourth-order valence-corrected chi connectivity index (χ4v) is 7.82. The van der Waals surface area contributed by atoms with E-state index in [0.717, 1.165) is 55.6 Å². The molecule has 0 spiro atoms. The van der Waals surface area contributed by atoms with Crippen molar-refractivity contribution in [1.82, 2.24) is 14.1 Å². The average molecular weight is 966 g/mol. The van der Waals surface area contributed by atoms with Gasteiger partial charge in [0, 0.05) is 44.3 Å². The molecule has 0 radical (unpaired) electrons. The first-order valence-corrected chi connectivity index (χ1v) is 20.5. The van der Waals surface area contributed by atoms with Gasteiger partial charge >= 0.3 is 0 Å². The third-order valence-corrected chi connectivity index (χ3v) is 11.3. The Hall–Kier alpha value is -5.77. The maximum Gasteiger partial charge on any atom is 0.268 e. The van der Waals surface area contributed by atoms with E-state index in [1.807, 2.05) is 24.4 Å². The van der Waals surface area contributed by atoms with Crippen LogP contribution in [0.3, 0.4) is 0 Å². The van der Waals surface area contributed by atoms with Crippen molar-refractivity contribution in [3.63, 3.8) is 0 Å². The fraction of sp³-hybridized carbons (Fsp3) is 0.222. The molecule has 304 valence electrons. The van der Waals surface area contributed by atoms with Gasteiger partial charge in [0.2, 0.25) is 0 Å². The molecule has 0 amide bonds. The Kier molecular flexibility index (Phi) is 10.5. The van der Waals surface area contributed by atoms with E-state index >= 15 is 0 Å². The van der Waals surface area contributed by atoms with Crippen LogP contribution in [0.15, 0.2) is 140 Å². The molecule has 9 aromatic rings. The normalized spacial score (nSPS) is 12.3. The molecule has 0 aliphatic carbocycles. The summed E-state index contributed by atoms with van der Waals surface area (Å²) >= 11 is 0. The number of ether oxygens (including phenoxy) is 1. The molecule has 3 heterocycles. The number of nitrogens with zero attached hydrogens (tertiary/aromatic N) is 4. The maximum atomic E-state index is 6.62. The van der Waals surface area contributed by atoms with Gasteiger partial charge in [-0.25, -0.2) is 4.98 Å². The van der Waals surface area contributed by atoms with Crippen molar-refractivity contribution in [2.24, 2.45) is 0 Å². The fourth-order valence-electron chi connectivity index (χ4n) is 7.82. The summed E-state index contributed by atoms with van der Waals surface area (Å²) in [6.07, 6.45) is 5.66. The molecule has 0 atom stereocenters. The Morgan fingerprint density at radius 2 is 1.23 bits per heavy atom. The van der Waals surface area contributed by atoms with Crippen LogP contribution in [0, 0.1) is 18.5 Å². The van der Waals surface area contributed by atoms with Crippen LogP contribution in [0.25, 0.3) is 61.2 Å². The predicted octanol–water partition coefficient (Wildman–Crippen LogP) is 13.1. The second-order valence-corrected chi connectivity index (χ2v) is 18.7. The van der Waals surface area contributed by atoms with Crippen LogP contribution in [-0.2, 0) is 37.3 Å². The van der Waals surface area contributed by atoms with E-state index in [1.54, 1.807) is 0 Å². The predicted molar refractivity (Wildman–Crippen MR) is 242 cm³/mol. The number of hydrogen-bond donors (Lipinski definition) is 0. The molecule has 60 heavy (non-hydrogen) atoms. The number of aromatic nitrogens is 4. The number of rotatable bonds is 6. The minimum absolute atomic E-state index is 0. The number of pyridine rings is 1. The van der Waals surface area contributed by atoms with Gasteiger partial charge in [-0.1, -0.05) is 135 Å². The molecule has 6 heteroatoms. The van der Waals surface area contributed by atoms with Gasteiger partial charge in [0.25, 0.3) is 6.33 Å². The van der Waals surface area contributed by atoms with Gasteiger partial charge < -0.3 is 13.9 Å². The first kappa shape index (κ1) is 41.0. The van der Waals surface area contributed by atoms with Gasteiger partial charge in [-0.15, -0.1) is 29.7 Å². The number of imidazole rings is 1. The monoisotopic (exact) mass is 965 g/mol. The summed E-state index contributed by atoms with van der Waals surface area (Å²) in [5.41, 5.74) is 11.9. The van der Waals surface area contributed by atoms with Crippen molar-refractivity contribution in [3.8, 4) is 39.8 Å². The molecule has 0 aliphatic rings. The summed E-state index contributed by atoms with van der Waals surface area (Å²) in [6, 6.07) is 54.2. The van der Waals surface area contributed by atoms with Crippen LogP contribution in [0.1, 0.15) is 79.0 Å². The van der Waals surface area contributed by atoms with E-state index in [2.05, 4.69) is 210 Å². The summed E-state index contributed by atoms with van der Waals surface area (Å²) in [6.45, 7) is 20.3. The van der Waals surface area contributed by atoms with Gasteiger partial charge in [-0.05, 0) is 91.5 Å². The summed E-state index contributed by atoms with van der Waals surface area (Å²) < 4.78 is 13.1. The molecule has 0 saturated heterocycles. The molecule has 0 fully saturated rings. The standard InChI is InChI=1S/C54H50N4O.Pt/c1-52(2,3)38-26-27-55-51(32-38)58-47-21-14-13-20-45(47)46-24-23-44(34-49(46)58)59-43-19-15-18-41(33-43)56-35-57(42-30-39(53(4,5)6)29-40(31-42)54(7,8)9)50-28-37(22-25-48(50)56)36-16-11-10-12-17-36;/h10-32H,1-9H3;/q-2;. The largest absolute Gasteiger partial charge is 0.510 e. The van der Waals surface area contributed by atoms with Crippen molar-refractivity contribution < 1.29 is 30.4 Å². The maximum absolute atomic E-state index is 6.62. The van der Waals surface area contributed by atoms with Gasteiger partial charge in [0.15, 0.2) is 0 Å². The number of fused-ring (bicyclic) bond motifs is 4. The van der Waals surface area contributed by atoms with Crippen LogP contribution in [0.4, 0.5) is 0 Å². The van der Waals surface area contributed by atoms with E-state index in [4.69, 9.17) is 9.72 Å². The van der Waals surface area contributed by atoms with Crippen molar-refractivity contribution >= 4 is 32.8 Å². The molecular weight excluding hydrogens is 916 g/mol. The second-order valence-electron chi connectivity index (χ2n) is 18.7. The van der Waals surface area contributed by atoms with Crippen LogP contribution in [0.5, 0.6) is 11.5 Å². The van der Waals surface area contributed by atoms with Crippen LogP contribution in [0.2, 0.25) is 0 Å². The zero-order chi connectivity index (χ0) is 41.3. The number of para-hydroxylation sites is 1. The minimum Gasteiger partial charge on any atom is -0.510 e. The van der Waals surface area contributed by atoms with E-state index in [9.17, 15) is 0 Å². The molecule has 5 nitrogen and oxygen atoms in total. The zero-order valence-corrected chi connectivity index (χ0v) is 38.1. The van der Waals surface area contributed by atoms with Crippen LogP contribution < -0.4 is 9.30 Å². The molecule has 9 rings (SSSR count). The molecular formula is C54H50N4OPt-2. The zero-order valence-electron chi connectivity index (χ0n) is 35.8. The third-order valence-electron chi connectivity index (χ3n) is 11.3. The Morgan fingerprint density at radius 1 is 0.550 bits per heavy atom. The van der Waals surface area contributed by atoms with Crippen molar-refractivity contribution in [2.75, 3.05) is 0 Å². The molecule has 0 saturated carbocycles. The van der Waals surface area contributed by atoms with Crippen LogP contribution >= 0.6 is 0 Å². The van der Waals surface area contributed by atoms with E-state index < -0.39 is 0 Å². The van der Waals surface area contributed by atoms with Gasteiger partial charge in [0.05, 0.1) is 16.7 Å². The van der Waals surface area contributed by atoms with Crippen molar-refractivity contribution in [2.45, 2.75) is 78.6 Å². The molecule has 0 aliphatic heterocycles. The van der Waals surface area contributed by atoms with E-state index in [-0.39, 0.29) is 37.3 Å². The Bertz CT molecular complexity index is 2990. The molecule has 0 bridgehead atoms. The summed E-state index contributed by atoms with van der Waals surface area (Å²) in [5.74, 6) is 2.03. The average Bonchev–Trinajstić information content (AvgIpc) is 3.76. The number of benzene rings is 6.